The van der Waals surface area contributed by atoms with Gasteiger partial charge in [0.1, 0.15) is 11.6 Å². The zero-order chi connectivity index (χ0) is 15.9. The molecule has 118 valence electrons. The number of amides is 1. The van der Waals surface area contributed by atoms with Gasteiger partial charge in [-0.1, -0.05) is 23.7 Å². The van der Waals surface area contributed by atoms with Gasteiger partial charge in [0.05, 0.1) is 17.8 Å². The topological polar surface area (TPSA) is 56.2 Å². The van der Waals surface area contributed by atoms with E-state index < -0.39 is 0 Å². The Bertz CT molecular complexity index is 625. The molecule has 1 N–H and O–H groups in total. The number of hydrogen-bond acceptors (Lipinski definition) is 3. The van der Waals surface area contributed by atoms with Crippen LogP contribution in [0.1, 0.15) is 32.7 Å². The molecule has 5 nitrogen and oxygen atoms in total. The van der Waals surface area contributed by atoms with Gasteiger partial charge in [0.15, 0.2) is 0 Å². The minimum atomic E-state index is -0.0508. The molecule has 0 aliphatic carbocycles. The summed E-state index contributed by atoms with van der Waals surface area (Å²) in [4.78, 5) is 11.9. The standard InChI is InChI=1S/C16H20ClN3O2/c1-12(2)20-15(9-10-18-20)19-16(21)8-5-11-22-14-7-4-3-6-13(14)17/h3-4,6-7,9-10,12H,5,8,11H2,1-2H3,(H,19,21). The summed E-state index contributed by atoms with van der Waals surface area (Å²) in [5, 5.41) is 7.62. The zero-order valence-electron chi connectivity index (χ0n) is 12.8. The van der Waals surface area contributed by atoms with Crippen LogP contribution in [0, 0.1) is 0 Å². The molecule has 0 aliphatic heterocycles. The molecule has 1 amide bonds. The Kier molecular flexibility index (Phi) is 5.83. The molecule has 0 radical (unpaired) electrons. The molecular weight excluding hydrogens is 302 g/mol. The molecule has 0 fully saturated rings. The molecule has 2 aromatic rings. The SMILES string of the molecule is CC(C)n1nccc1NC(=O)CCCOc1ccccc1Cl. The average molecular weight is 322 g/mol. The summed E-state index contributed by atoms with van der Waals surface area (Å²) in [6, 6.07) is 9.29. The minimum absolute atomic E-state index is 0.0508. The van der Waals surface area contributed by atoms with Crippen LogP contribution in [0.5, 0.6) is 5.75 Å². The monoisotopic (exact) mass is 321 g/mol. The number of nitrogens with zero attached hydrogens (tertiary/aromatic N) is 2. The molecule has 0 aliphatic rings. The highest BCUT2D eigenvalue weighted by Crippen LogP contribution is 2.23. The molecule has 0 atom stereocenters. The van der Waals surface area contributed by atoms with Crippen LogP contribution in [-0.4, -0.2) is 22.3 Å². The largest absolute Gasteiger partial charge is 0.492 e. The second kappa shape index (κ2) is 7.84. The highest BCUT2D eigenvalue weighted by Gasteiger charge is 2.09. The van der Waals surface area contributed by atoms with Crippen molar-refractivity contribution in [2.45, 2.75) is 32.7 Å². The predicted octanol–water partition coefficient (Wildman–Crippen LogP) is 3.92. The van der Waals surface area contributed by atoms with Crippen molar-refractivity contribution in [3.05, 3.63) is 41.6 Å². The first-order chi connectivity index (χ1) is 10.6. The average Bonchev–Trinajstić information content (AvgIpc) is 2.93. The van der Waals surface area contributed by atoms with Crippen LogP contribution in [-0.2, 0) is 4.79 Å². The third-order valence-corrected chi connectivity index (χ3v) is 3.38. The quantitative estimate of drug-likeness (QED) is 0.786. The Hall–Kier alpha value is -2.01. The van der Waals surface area contributed by atoms with Crippen LogP contribution < -0.4 is 10.1 Å². The number of rotatable bonds is 7. The van der Waals surface area contributed by atoms with Gasteiger partial charge in [0.2, 0.25) is 5.91 Å². The number of ether oxygens (including phenoxy) is 1. The number of halogens is 1. The molecular formula is C16H20ClN3O2. The number of para-hydroxylation sites is 1. The van der Waals surface area contributed by atoms with E-state index in [2.05, 4.69) is 10.4 Å². The lowest BCUT2D eigenvalue weighted by Gasteiger charge is -2.12. The van der Waals surface area contributed by atoms with Gasteiger partial charge < -0.3 is 10.1 Å². The van der Waals surface area contributed by atoms with E-state index in [1.807, 2.05) is 32.0 Å². The van der Waals surface area contributed by atoms with E-state index in [9.17, 15) is 4.79 Å². The van der Waals surface area contributed by atoms with Crippen molar-refractivity contribution >= 4 is 23.3 Å². The Labute approximate surface area is 135 Å². The molecule has 0 unspecified atom stereocenters. The lowest BCUT2D eigenvalue weighted by Crippen LogP contribution is -2.17. The van der Waals surface area contributed by atoms with Gasteiger partial charge in [0, 0.05) is 18.5 Å². The minimum Gasteiger partial charge on any atom is -0.492 e. The first kappa shape index (κ1) is 16.4. The fourth-order valence-corrected chi connectivity index (χ4v) is 2.20. The maximum Gasteiger partial charge on any atom is 0.225 e. The van der Waals surface area contributed by atoms with E-state index >= 15 is 0 Å². The van der Waals surface area contributed by atoms with E-state index in [4.69, 9.17) is 16.3 Å². The van der Waals surface area contributed by atoms with Crippen LogP contribution in [0.2, 0.25) is 5.02 Å². The van der Waals surface area contributed by atoms with Gasteiger partial charge in [-0.15, -0.1) is 0 Å². The third-order valence-electron chi connectivity index (χ3n) is 3.07. The van der Waals surface area contributed by atoms with Crippen LogP contribution in [0.4, 0.5) is 5.82 Å². The van der Waals surface area contributed by atoms with E-state index in [1.54, 1.807) is 23.0 Å². The summed E-state index contributed by atoms with van der Waals surface area (Å²) in [6.07, 6.45) is 2.68. The smallest absolute Gasteiger partial charge is 0.225 e. The van der Waals surface area contributed by atoms with Gasteiger partial charge in [-0.3, -0.25) is 4.79 Å². The second-order valence-electron chi connectivity index (χ2n) is 5.19. The molecule has 1 aromatic heterocycles. The van der Waals surface area contributed by atoms with Crippen molar-refractivity contribution < 1.29 is 9.53 Å². The molecule has 0 saturated carbocycles. The maximum absolute atomic E-state index is 11.9. The van der Waals surface area contributed by atoms with Gasteiger partial charge in [-0.25, -0.2) is 4.68 Å². The van der Waals surface area contributed by atoms with Gasteiger partial charge in [0.25, 0.3) is 0 Å². The molecule has 0 saturated heterocycles. The van der Waals surface area contributed by atoms with E-state index in [0.717, 1.165) is 0 Å². The van der Waals surface area contributed by atoms with Gasteiger partial charge >= 0.3 is 0 Å². The van der Waals surface area contributed by atoms with Gasteiger partial charge in [-0.05, 0) is 32.4 Å². The van der Waals surface area contributed by atoms with E-state index in [0.29, 0.717) is 36.0 Å². The van der Waals surface area contributed by atoms with Crippen LogP contribution in [0.25, 0.3) is 0 Å². The second-order valence-corrected chi connectivity index (χ2v) is 5.59. The van der Waals surface area contributed by atoms with Crippen molar-refractivity contribution in [1.82, 2.24) is 9.78 Å². The Balaban J connectivity index is 1.74. The van der Waals surface area contributed by atoms with E-state index in [-0.39, 0.29) is 11.9 Å². The highest BCUT2D eigenvalue weighted by atomic mass is 35.5. The van der Waals surface area contributed by atoms with Crippen LogP contribution in [0.3, 0.4) is 0 Å². The maximum atomic E-state index is 11.9. The lowest BCUT2D eigenvalue weighted by molar-refractivity contribution is -0.116. The fourth-order valence-electron chi connectivity index (χ4n) is 2.01. The summed E-state index contributed by atoms with van der Waals surface area (Å²) in [6.45, 7) is 4.47. The van der Waals surface area contributed by atoms with Gasteiger partial charge in [-0.2, -0.15) is 5.10 Å². The van der Waals surface area contributed by atoms with Crippen molar-refractivity contribution in [3.8, 4) is 5.75 Å². The predicted molar refractivity (Wildman–Crippen MR) is 87.4 cm³/mol. The normalized spacial score (nSPS) is 10.7. The third kappa shape index (κ3) is 4.49. The first-order valence-electron chi connectivity index (χ1n) is 7.28. The molecule has 6 heteroatoms. The summed E-state index contributed by atoms with van der Waals surface area (Å²) >= 11 is 5.99. The molecule has 1 aromatic carbocycles. The lowest BCUT2D eigenvalue weighted by atomic mass is 10.3. The Morgan fingerprint density at radius 2 is 2.14 bits per heavy atom. The van der Waals surface area contributed by atoms with Crippen LogP contribution >= 0.6 is 11.6 Å². The summed E-state index contributed by atoms with van der Waals surface area (Å²) in [7, 11) is 0. The molecule has 0 bridgehead atoms. The Morgan fingerprint density at radius 1 is 1.36 bits per heavy atom. The Morgan fingerprint density at radius 3 is 2.86 bits per heavy atom. The summed E-state index contributed by atoms with van der Waals surface area (Å²) in [5.41, 5.74) is 0. The van der Waals surface area contributed by atoms with E-state index in [1.165, 1.54) is 0 Å². The molecule has 22 heavy (non-hydrogen) atoms. The fraction of sp³-hybridized carbons (Fsp3) is 0.375. The molecule has 2 rings (SSSR count). The molecule has 1 heterocycles. The van der Waals surface area contributed by atoms with Crippen molar-refractivity contribution in [2.24, 2.45) is 0 Å². The highest BCUT2D eigenvalue weighted by molar-refractivity contribution is 6.32. The first-order valence-corrected chi connectivity index (χ1v) is 7.66. The number of hydrogen-bond donors (Lipinski definition) is 1. The number of anilines is 1. The van der Waals surface area contributed by atoms with Crippen molar-refractivity contribution in [2.75, 3.05) is 11.9 Å². The summed E-state index contributed by atoms with van der Waals surface area (Å²) < 4.78 is 7.33. The van der Waals surface area contributed by atoms with Crippen molar-refractivity contribution in [3.63, 3.8) is 0 Å². The van der Waals surface area contributed by atoms with Crippen LogP contribution in [0.15, 0.2) is 36.5 Å². The number of nitrogens with one attached hydrogen (secondary N) is 1. The molecule has 0 spiro atoms. The zero-order valence-corrected chi connectivity index (χ0v) is 13.5. The number of benzene rings is 1. The number of carbonyl (C=O) groups excluding carboxylic acids is 1. The number of carbonyl (C=O) groups is 1. The van der Waals surface area contributed by atoms with Crippen molar-refractivity contribution in [1.29, 1.82) is 0 Å². The number of aromatic nitrogens is 2. The summed E-state index contributed by atoms with van der Waals surface area (Å²) in [5.74, 6) is 1.31.